The first-order valence-corrected chi connectivity index (χ1v) is 11.4. The molecule has 166 valence electrons. The first-order valence-electron chi connectivity index (χ1n) is 11.4. The highest BCUT2D eigenvalue weighted by atomic mass is 16.2. The lowest BCUT2D eigenvalue weighted by Gasteiger charge is -2.26. The van der Waals surface area contributed by atoms with Crippen LogP contribution in [0.5, 0.6) is 0 Å². The average molecular weight is 438 g/mol. The first-order chi connectivity index (χ1) is 16.0. The second kappa shape index (κ2) is 8.58. The highest BCUT2D eigenvalue weighted by Crippen LogP contribution is 2.42. The number of rotatable bonds is 6. The van der Waals surface area contributed by atoms with Crippen molar-refractivity contribution in [2.75, 3.05) is 6.54 Å². The molecule has 1 aromatic heterocycles. The van der Waals surface area contributed by atoms with Crippen LogP contribution < -0.4 is 5.32 Å². The van der Waals surface area contributed by atoms with Crippen molar-refractivity contribution in [1.82, 2.24) is 15.2 Å². The summed E-state index contributed by atoms with van der Waals surface area (Å²) in [5.41, 5.74) is 5.96. The van der Waals surface area contributed by atoms with Gasteiger partial charge in [-0.15, -0.1) is 0 Å². The molecule has 3 aromatic carbocycles. The van der Waals surface area contributed by atoms with Gasteiger partial charge in [-0.2, -0.15) is 0 Å². The number of amides is 2. The van der Waals surface area contributed by atoms with E-state index in [1.54, 1.807) is 0 Å². The maximum absolute atomic E-state index is 13.4. The van der Waals surface area contributed by atoms with Crippen LogP contribution in [-0.4, -0.2) is 28.2 Å². The summed E-state index contributed by atoms with van der Waals surface area (Å²) in [4.78, 5) is 31.5. The summed E-state index contributed by atoms with van der Waals surface area (Å²) in [6.07, 6.45) is 0.245. The number of hydrogen-bond donors (Lipinski definition) is 2. The normalized spacial score (nSPS) is 16.1. The van der Waals surface area contributed by atoms with Crippen LogP contribution in [0.3, 0.4) is 0 Å². The smallest absolute Gasteiger partial charge is 0.255 e. The fraction of sp³-hybridized carbons (Fsp3) is 0.214. The molecule has 5 nitrogen and oxygen atoms in total. The van der Waals surface area contributed by atoms with Gasteiger partial charge in [0.15, 0.2) is 0 Å². The molecule has 33 heavy (non-hydrogen) atoms. The Morgan fingerprint density at radius 3 is 2.52 bits per heavy atom. The molecule has 0 saturated carbocycles. The molecule has 5 heteroatoms. The monoisotopic (exact) mass is 437 g/mol. The molecule has 5 rings (SSSR count). The van der Waals surface area contributed by atoms with E-state index in [4.69, 9.17) is 0 Å². The summed E-state index contributed by atoms with van der Waals surface area (Å²) in [5, 5.41) is 4.17. The van der Waals surface area contributed by atoms with E-state index in [-0.39, 0.29) is 30.3 Å². The SMILES string of the molecule is Cc1[nH]c2ccccc2c1[C@H]1c2ccccc2C(=O)N1CCC(=O)N[C@H](C)c1ccccc1. The third-order valence-corrected chi connectivity index (χ3v) is 6.53. The van der Waals surface area contributed by atoms with E-state index in [2.05, 4.69) is 22.4 Å². The van der Waals surface area contributed by atoms with Crippen LogP contribution in [0.15, 0.2) is 78.9 Å². The molecule has 1 aliphatic rings. The Morgan fingerprint density at radius 1 is 1.00 bits per heavy atom. The number of carbonyl (C=O) groups is 2. The molecule has 0 fully saturated rings. The highest BCUT2D eigenvalue weighted by molar-refractivity contribution is 6.01. The van der Waals surface area contributed by atoms with E-state index in [0.29, 0.717) is 12.1 Å². The van der Waals surface area contributed by atoms with Crippen LogP contribution in [0, 0.1) is 6.92 Å². The minimum Gasteiger partial charge on any atom is -0.358 e. The molecule has 0 spiro atoms. The predicted octanol–water partition coefficient (Wildman–Crippen LogP) is 5.29. The number of H-pyrrole nitrogens is 1. The maximum Gasteiger partial charge on any atom is 0.255 e. The Labute approximate surface area is 193 Å². The first kappa shape index (κ1) is 21.0. The minimum absolute atomic E-state index is 0.0239. The Kier molecular flexibility index (Phi) is 5.47. The largest absolute Gasteiger partial charge is 0.358 e. The maximum atomic E-state index is 13.4. The van der Waals surface area contributed by atoms with Crippen molar-refractivity contribution in [2.45, 2.75) is 32.4 Å². The van der Waals surface area contributed by atoms with E-state index >= 15 is 0 Å². The summed E-state index contributed by atoms with van der Waals surface area (Å²) in [6, 6.07) is 25.5. The zero-order valence-electron chi connectivity index (χ0n) is 18.8. The molecule has 2 amide bonds. The lowest BCUT2D eigenvalue weighted by atomic mass is 9.95. The molecule has 4 aromatic rings. The number of nitrogens with one attached hydrogen (secondary N) is 2. The molecule has 2 atom stereocenters. The summed E-state index contributed by atoms with van der Waals surface area (Å²) in [5.74, 6) is -0.0892. The van der Waals surface area contributed by atoms with Crippen molar-refractivity contribution >= 4 is 22.7 Å². The van der Waals surface area contributed by atoms with Gasteiger partial charge in [-0.25, -0.2) is 0 Å². The van der Waals surface area contributed by atoms with E-state index in [1.165, 1.54) is 0 Å². The van der Waals surface area contributed by atoms with Crippen molar-refractivity contribution in [1.29, 1.82) is 0 Å². The van der Waals surface area contributed by atoms with Crippen molar-refractivity contribution in [2.24, 2.45) is 0 Å². The molecule has 0 saturated heterocycles. The van der Waals surface area contributed by atoms with E-state index in [0.717, 1.165) is 33.3 Å². The summed E-state index contributed by atoms with van der Waals surface area (Å²) in [6.45, 7) is 4.37. The number of aromatic amines is 1. The van der Waals surface area contributed by atoms with Gasteiger partial charge in [-0.05, 0) is 37.1 Å². The summed E-state index contributed by atoms with van der Waals surface area (Å²) >= 11 is 0. The number of hydrogen-bond acceptors (Lipinski definition) is 2. The summed E-state index contributed by atoms with van der Waals surface area (Å²) < 4.78 is 0. The van der Waals surface area contributed by atoms with Gasteiger partial charge in [0.1, 0.15) is 0 Å². The third-order valence-electron chi connectivity index (χ3n) is 6.53. The quantitative estimate of drug-likeness (QED) is 0.431. The zero-order valence-corrected chi connectivity index (χ0v) is 18.8. The van der Waals surface area contributed by atoms with Gasteiger partial charge in [0.2, 0.25) is 5.91 Å². The minimum atomic E-state index is -0.218. The van der Waals surface area contributed by atoms with Crippen LogP contribution in [0.2, 0.25) is 0 Å². The van der Waals surface area contributed by atoms with Gasteiger partial charge in [0.25, 0.3) is 5.91 Å². The Hall–Kier alpha value is -3.86. The van der Waals surface area contributed by atoms with Crippen LogP contribution in [0.1, 0.15) is 58.2 Å². The van der Waals surface area contributed by atoms with Crippen molar-refractivity contribution in [3.05, 3.63) is 107 Å². The van der Waals surface area contributed by atoms with Gasteiger partial charge < -0.3 is 15.2 Å². The van der Waals surface area contributed by atoms with Crippen molar-refractivity contribution in [3.63, 3.8) is 0 Å². The van der Waals surface area contributed by atoms with Gasteiger partial charge >= 0.3 is 0 Å². The Morgan fingerprint density at radius 2 is 1.70 bits per heavy atom. The summed E-state index contributed by atoms with van der Waals surface area (Å²) in [7, 11) is 0. The van der Waals surface area contributed by atoms with Crippen LogP contribution >= 0.6 is 0 Å². The highest BCUT2D eigenvalue weighted by Gasteiger charge is 2.39. The number of aromatic nitrogens is 1. The average Bonchev–Trinajstić information content (AvgIpc) is 3.31. The predicted molar refractivity (Wildman–Crippen MR) is 130 cm³/mol. The molecular formula is C28H27N3O2. The fourth-order valence-electron chi connectivity index (χ4n) is 4.92. The number of fused-ring (bicyclic) bond motifs is 2. The Balaban J connectivity index is 1.42. The number of nitrogens with zero attached hydrogens (tertiary/aromatic N) is 1. The van der Waals surface area contributed by atoms with Crippen LogP contribution in [0.25, 0.3) is 10.9 Å². The lowest BCUT2D eigenvalue weighted by Crippen LogP contribution is -2.34. The van der Waals surface area contributed by atoms with E-state index < -0.39 is 0 Å². The Bertz CT molecular complexity index is 1330. The van der Waals surface area contributed by atoms with Crippen LogP contribution in [-0.2, 0) is 4.79 Å². The number of aryl methyl sites for hydroxylation is 1. The lowest BCUT2D eigenvalue weighted by molar-refractivity contribution is -0.122. The molecule has 0 aliphatic carbocycles. The van der Waals surface area contributed by atoms with Crippen LogP contribution in [0.4, 0.5) is 0 Å². The van der Waals surface area contributed by atoms with E-state index in [1.807, 2.05) is 85.5 Å². The van der Waals surface area contributed by atoms with Gasteiger partial charge in [-0.3, -0.25) is 9.59 Å². The molecule has 1 aliphatic heterocycles. The topological polar surface area (TPSA) is 65.2 Å². The molecule has 0 radical (unpaired) electrons. The number of carbonyl (C=O) groups excluding carboxylic acids is 2. The number of para-hydroxylation sites is 1. The molecule has 0 bridgehead atoms. The molecule has 0 unspecified atom stereocenters. The van der Waals surface area contributed by atoms with E-state index in [9.17, 15) is 9.59 Å². The number of benzene rings is 3. The molecule has 2 N–H and O–H groups in total. The van der Waals surface area contributed by atoms with Crippen molar-refractivity contribution in [3.8, 4) is 0 Å². The second-order valence-electron chi connectivity index (χ2n) is 8.65. The standard InChI is InChI=1S/C28H27N3O2/c1-18(20-10-4-3-5-11-20)30-25(32)16-17-31-27(21-12-6-7-13-22(21)28(31)33)26-19(2)29-24-15-9-8-14-23(24)26/h3-15,18,27,29H,16-17H2,1-2H3,(H,30,32)/t18-,27-/m1/s1. The molecular weight excluding hydrogens is 410 g/mol. The fourth-order valence-corrected chi connectivity index (χ4v) is 4.92. The van der Waals surface area contributed by atoms with Gasteiger partial charge in [0, 0.05) is 40.7 Å². The zero-order chi connectivity index (χ0) is 22.9. The molecule has 2 heterocycles. The van der Waals surface area contributed by atoms with Gasteiger partial charge in [-0.1, -0.05) is 66.7 Å². The second-order valence-corrected chi connectivity index (χ2v) is 8.65. The van der Waals surface area contributed by atoms with Crippen molar-refractivity contribution < 1.29 is 9.59 Å². The van der Waals surface area contributed by atoms with Gasteiger partial charge in [0.05, 0.1) is 12.1 Å². The third kappa shape index (κ3) is 3.80.